The van der Waals surface area contributed by atoms with Gasteiger partial charge in [-0.25, -0.2) is 16.8 Å². The van der Waals surface area contributed by atoms with Crippen molar-refractivity contribution >= 4 is 25.8 Å². The van der Waals surface area contributed by atoms with Gasteiger partial charge in [-0.1, -0.05) is 12.1 Å². The monoisotopic (exact) mass is 361 g/mol. The van der Waals surface area contributed by atoms with Gasteiger partial charge >= 0.3 is 5.97 Å². The summed E-state index contributed by atoms with van der Waals surface area (Å²) < 4.78 is 48.8. The zero-order valence-corrected chi connectivity index (χ0v) is 14.3. The van der Waals surface area contributed by atoms with Crippen LogP contribution in [0.15, 0.2) is 29.2 Å². The second-order valence-electron chi connectivity index (χ2n) is 5.68. The minimum atomic E-state index is -3.91. The minimum absolute atomic E-state index is 0.0251. The summed E-state index contributed by atoms with van der Waals surface area (Å²) in [6.07, 6.45) is 2.69. The number of hydrogen-bond donors (Lipinski definition) is 1. The Morgan fingerprint density at radius 3 is 2.30 bits per heavy atom. The number of sulfone groups is 1. The summed E-state index contributed by atoms with van der Waals surface area (Å²) in [6.45, 7) is 0.171. The van der Waals surface area contributed by atoms with E-state index in [0.29, 0.717) is 24.8 Å². The molecule has 2 rings (SSSR count). The van der Waals surface area contributed by atoms with E-state index in [1.54, 1.807) is 0 Å². The standard InChI is InChI=1S/C14H19NO6S2/c1-22(18,19)10-11-5-7-12(8-6-11)23(20,21)15-9-3-2-4-13(15)14(16)17/h5-8,13H,2-4,9-10H2,1H3,(H,16,17). The fourth-order valence-electron chi connectivity index (χ4n) is 2.64. The molecular formula is C14H19NO6S2. The molecule has 1 atom stereocenters. The van der Waals surface area contributed by atoms with E-state index in [4.69, 9.17) is 0 Å². The molecule has 1 aliphatic heterocycles. The van der Waals surface area contributed by atoms with Crippen LogP contribution < -0.4 is 0 Å². The fourth-order valence-corrected chi connectivity index (χ4v) is 5.08. The van der Waals surface area contributed by atoms with E-state index in [-0.39, 0.29) is 17.2 Å². The van der Waals surface area contributed by atoms with Crippen LogP contribution in [0.25, 0.3) is 0 Å². The average Bonchev–Trinajstić information content (AvgIpc) is 2.46. The van der Waals surface area contributed by atoms with Crippen molar-refractivity contribution in [2.45, 2.75) is 36.0 Å². The van der Waals surface area contributed by atoms with Gasteiger partial charge in [0.05, 0.1) is 10.6 Å². The number of hydrogen-bond acceptors (Lipinski definition) is 5. The van der Waals surface area contributed by atoms with Gasteiger partial charge in [-0.2, -0.15) is 4.31 Å². The van der Waals surface area contributed by atoms with Gasteiger partial charge in [-0.15, -0.1) is 0 Å². The molecule has 9 heteroatoms. The van der Waals surface area contributed by atoms with E-state index in [9.17, 15) is 26.7 Å². The summed E-state index contributed by atoms with van der Waals surface area (Å²) in [5.74, 6) is -1.32. The van der Waals surface area contributed by atoms with Crippen LogP contribution in [0.5, 0.6) is 0 Å². The number of carboxylic acid groups (broad SMARTS) is 1. The number of carbonyl (C=O) groups is 1. The molecule has 1 saturated heterocycles. The first-order chi connectivity index (χ1) is 10.6. The third-order valence-corrected chi connectivity index (χ3v) is 6.48. The summed E-state index contributed by atoms with van der Waals surface area (Å²) in [5.41, 5.74) is 0.486. The predicted molar refractivity (Wildman–Crippen MR) is 84.2 cm³/mol. The Morgan fingerprint density at radius 1 is 1.17 bits per heavy atom. The van der Waals surface area contributed by atoms with Crippen LogP contribution in [-0.4, -0.2) is 51.1 Å². The van der Waals surface area contributed by atoms with Crippen molar-refractivity contribution in [3.63, 3.8) is 0 Å². The Balaban J connectivity index is 2.30. The van der Waals surface area contributed by atoms with E-state index in [1.807, 2.05) is 0 Å². The molecule has 1 fully saturated rings. The van der Waals surface area contributed by atoms with E-state index in [0.717, 1.165) is 10.6 Å². The molecule has 1 aliphatic rings. The first-order valence-electron chi connectivity index (χ1n) is 7.12. The zero-order valence-electron chi connectivity index (χ0n) is 12.7. The summed E-state index contributed by atoms with van der Waals surface area (Å²) in [6, 6.07) is 4.47. The van der Waals surface area contributed by atoms with Gasteiger partial charge in [-0.05, 0) is 37.0 Å². The summed E-state index contributed by atoms with van der Waals surface area (Å²) in [7, 11) is -7.12. The lowest BCUT2D eigenvalue weighted by molar-refractivity contribution is -0.142. The maximum absolute atomic E-state index is 12.6. The van der Waals surface area contributed by atoms with Gasteiger partial charge in [-0.3, -0.25) is 4.79 Å². The predicted octanol–water partition coefficient (Wildman–Crippen LogP) is 0.859. The summed E-state index contributed by atoms with van der Waals surface area (Å²) >= 11 is 0. The molecule has 0 radical (unpaired) electrons. The quantitative estimate of drug-likeness (QED) is 0.833. The van der Waals surface area contributed by atoms with Crippen LogP contribution >= 0.6 is 0 Å². The van der Waals surface area contributed by atoms with Gasteiger partial charge in [0.2, 0.25) is 10.0 Å². The second kappa shape index (κ2) is 6.58. The molecule has 0 aromatic heterocycles. The molecule has 1 N–H and O–H groups in total. The Labute approximate surface area is 135 Å². The first kappa shape index (κ1) is 17.9. The molecule has 0 spiro atoms. The van der Waals surface area contributed by atoms with Crippen molar-refractivity contribution < 1.29 is 26.7 Å². The van der Waals surface area contributed by atoms with E-state index >= 15 is 0 Å². The number of piperidine rings is 1. The molecule has 0 saturated carbocycles. The Morgan fingerprint density at radius 2 is 1.78 bits per heavy atom. The molecule has 1 aromatic carbocycles. The third-order valence-electron chi connectivity index (χ3n) is 3.70. The summed E-state index contributed by atoms with van der Waals surface area (Å²) in [5, 5.41) is 9.22. The maximum Gasteiger partial charge on any atom is 0.322 e. The van der Waals surface area contributed by atoms with Crippen molar-refractivity contribution in [3.05, 3.63) is 29.8 Å². The maximum atomic E-state index is 12.6. The van der Waals surface area contributed by atoms with Crippen LogP contribution in [0.1, 0.15) is 24.8 Å². The molecule has 0 amide bonds. The number of rotatable bonds is 5. The van der Waals surface area contributed by atoms with Crippen molar-refractivity contribution in [2.24, 2.45) is 0 Å². The number of benzene rings is 1. The highest BCUT2D eigenvalue weighted by Gasteiger charge is 2.37. The summed E-state index contributed by atoms with van der Waals surface area (Å²) in [4.78, 5) is 11.3. The van der Waals surface area contributed by atoms with E-state index < -0.39 is 31.9 Å². The highest BCUT2D eigenvalue weighted by Crippen LogP contribution is 2.26. The number of aliphatic carboxylic acids is 1. The Hall–Kier alpha value is -1.45. The lowest BCUT2D eigenvalue weighted by atomic mass is 10.1. The molecule has 1 heterocycles. The van der Waals surface area contributed by atoms with Crippen LogP contribution in [0.2, 0.25) is 0 Å². The third kappa shape index (κ3) is 4.30. The van der Waals surface area contributed by atoms with Gasteiger partial charge in [0.1, 0.15) is 6.04 Å². The lowest BCUT2D eigenvalue weighted by Gasteiger charge is -2.31. The molecule has 1 aromatic rings. The van der Waals surface area contributed by atoms with Gasteiger partial charge in [0.25, 0.3) is 0 Å². The second-order valence-corrected chi connectivity index (χ2v) is 9.71. The smallest absolute Gasteiger partial charge is 0.322 e. The normalized spacial score (nSPS) is 20.3. The Bertz CT molecular complexity index is 783. The van der Waals surface area contributed by atoms with E-state index in [1.165, 1.54) is 24.3 Å². The molecule has 1 unspecified atom stereocenters. The number of nitrogens with zero attached hydrogens (tertiary/aromatic N) is 1. The van der Waals surface area contributed by atoms with Crippen molar-refractivity contribution in [1.29, 1.82) is 0 Å². The van der Waals surface area contributed by atoms with Gasteiger partial charge in [0, 0.05) is 12.8 Å². The van der Waals surface area contributed by atoms with Crippen molar-refractivity contribution in [3.8, 4) is 0 Å². The molecule has 128 valence electrons. The van der Waals surface area contributed by atoms with Crippen molar-refractivity contribution in [1.82, 2.24) is 4.31 Å². The van der Waals surface area contributed by atoms with E-state index in [2.05, 4.69) is 0 Å². The average molecular weight is 361 g/mol. The van der Waals surface area contributed by atoms with Crippen molar-refractivity contribution in [2.75, 3.05) is 12.8 Å². The highest BCUT2D eigenvalue weighted by atomic mass is 32.2. The number of sulfonamides is 1. The SMILES string of the molecule is CS(=O)(=O)Cc1ccc(S(=O)(=O)N2CCCCC2C(=O)O)cc1. The molecule has 0 bridgehead atoms. The zero-order chi connectivity index (χ0) is 17.3. The van der Waals surface area contributed by atoms with Gasteiger partial charge in [0.15, 0.2) is 9.84 Å². The largest absolute Gasteiger partial charge is 0.480 e. The van der Waals surface area contributed by atoms with Crippen LogP contribution in [0.3, 0.4) is 0 Å². The first-order valence-corrected chi connectivity index (χ1v) is 10.6. The molecule has 0 aliphatic carbocycles. The molecular weight excluding hydrogens is 342 g/mol. The van der Waals surface area contributed by atoms with Gasteiger partial charge < -0.3 is 5.11 Å². The van der Waals surface area contributed by atoms with Crippen LogP contribution in [0.4, 0.5) is 0 Å². The topological polar surface area (TPSA) is 109 Å². The number of carboxylic acids is 1. The molecule has 23 heavy (non-hydrogen) atoms. The van der Waals surface area contributed by atoms with Crippen LogP contribution in [-0.2, 0) is 30.4 Å². The van der Waals surface area contributed by atoms with Crippen LogP contribution in [0, 0.1) is 0 Å². The minimum Gasteiger partial charge on any atom is -0.480 e. The molecule has 7 nitrogen and oxygen atoms in total. The Kier molecular flexibility index (Phi) is 5.12. The highest BCUT2D eigenvalue weighted by molar-refractivity contribution is 7.90. The fraction of sp³-hybridized carbons (Fsp3) is 0.500. The lowest BCUT2D eigenvalue weighted by Crippen LogP contribution is -2.47.